The molecule has 3 fully saturated rings. The third-order valence-electron chi connectivity index (χ3n) is 6.08. The summed E-state index contributed by atoms with van der Waals surface area (Å²) in [6.45, 7) is 2.11. The molecule has 1 aromatic rings. The first-order valence-corrected chi connectivity index (χ1v) is 9.63. The van der Waals surface area contributed by atoms with Crippen LogP contribution in [0.2, 0.25) is 0 Å². The number of amides is 3. The van der Waals surface area contributed by atoms with Crippen LogP contribution >= 0.6 is 0 Å². The standard InChI is InChI=1S/C20H27N3O2/c24-19(18-14-23(20(25)21-18)17-8-4-5-9-17)22-12-10-16(11-13-22)15-6-2-1-3-7-15/h1-3,6-7,16-18H,4-5,8-14H2,(H,21,25). The van der Waals surface area contributed by atoms with E-state index in [-0.39, 0.29) is 18.0 Å². The van der Waals surface area contributed by atoms with Crippen LogP contribution < -0.4 is 5.32 Å². The van der Waals surface area contributed by atoms with E-state index >= 15 is 0 Å². The molecule has 5 nitrogen and oxygen atoms in total. The molecule has 5 heteroatoms. The topological polar surface area (TPSA) is 52.7 Å². The number of nitrogens with one attached hydrogen (secondary N) is 1. The lowest BCUT2D eigenvalue weighted by Crippen LogP contribution is -2.48. The predicted molar refractivity (Wildman–Crippen MR) is 96.3 cm³/mol. The monoisotopic (exact) mass is 341 g/mol. The highest BCUT2D eigenvalue weighted by Gasteiger charge is 2.40. The molecule has 1 atom stereocenters. The molecule has 3 aliphatic rings. The van der Waals surface area contributed by atoms with Gasteiger partial charge in [-0.2, -0.15) is 0 Å². The van der Waals surface area contributed by atoms with Crippen LogP contribution in [0.25, 0.3) is 0 Å². The molecule has 1 N–H and O–H groups in total. The van der Waals surface area contributed by atoms with Gasteiger partial charge in [-0.15, -0.1) is 0 Å². The van der Waals surface area contributed by atoms with Crippen molar-refractivity contribution in [1.29, 1.82) is 0 Å². The summed E-state index contributed by atoms with van der Waals surface area (Å²) in [5, 5.41) is 2.92. The van der Waals surface area contributed by atoms with Gasteiger partial charge in [-0.05, 0) is 37.2 Å². The van der Waals surface area contributed by atoms with Crippen LogP contribution in [-0.4, -0.2) is 53.5 Å². The van der Waals surface area contributed by atoms with Crippen LogP contribution in [0.4, 0.5) is 4.79 Å². The SMILES string of the molecule is O=C(C1CN(C2CCCC2)C(=O)N1)N1CCC(c2ccccc2)CC1. The number of hydrogen-bond acceptors (Lipinski definition) is 2. The zero-order chi connectivity index (χ0) is 17.2. The fourth-order valence-electron chi connectivity index (χ4n) is 4.61. The molecule has 4 rings (SSSR count). The molecule has 1 aliphatic carbocycles. The fourth-order valence-corrected chi connectivity index (χ4v) is 4.61. The molecular weight excluding hydrogens is 314 g/mol. The van der Waals surface area contributed by atoms with Crippen molar-refractivity contribution in [3.05, 3.63) is 35.9 Å². The van der Waals surface area contributed by atoms with Crippen molar-refractivity contribution in [2.75, 3.05) is 19.6 Å². The number of likely N-dealkylation sites (tertiary alicyclic amines) is 1. The van der Waals surface area contributed by atoms with Crippen molar-refractivity contribution in [3.8, 4) is 0 Å². The quantitative estimate of drug-likeness (QED) is 0.919. The third kappa shape index (κ3) is 3.37. The summed E-state index contributed by atoms with van der Waals surface area (Å²) in [6.07, 6.45) is 6.55. The first-order chi connectivity index (χ1) is 12.2. The number of hydrogen-bond donors (Lipinski definition) is 1. The predicted octanol–water partition coefficient (Wildman–Crippen LogP) is 2.73. The second kappa shape index (κ2) is 7.06. The summed E-state index contributed by atoms with van der Waals surface area (Å²) >= 11 is 0. The molecule has 0 spiro atoms. The van der Waals surface area contributed by atoms with Gasteiger partial charge in [-0.1, -0.05) is 43.2 Å². The maximum Gasteiger partial charge on any atom is 0.318 e. The normalized spacial score (nSPS) is 25.4. The lowest BCUT2D eigenvalue weighted by atomic mass is 9.89. The van der Waals surface area contributed by atoms with Gasteiger partial charge < -0.3 is 15.1 Å². The highest BCUT2D eigenvalue weighted by molar-refractivity contribution is 5.90. The van der Waals surface area contributed by atoms with Crippen molar-refractivity contribution < 1.29 is 9.59 Å². The Morgan fingerprint density at radius 3 is 2.36 bits per heavy atom. The molecule has 25 heavy (non-hydrogen) atoms. The Hall–Kier alpha value is -2.04. The fraction of sp³-hybridized carbons (Fsp3) is 0.600. The van der Waals surface area contributed by atoms with E-state index in [9.17, 15) is 9.59 Å². The lowest BCUT2D eigenvalue weighted by Gasteiger charge is -2.33. The van der Waals surface area contributed by atoms with Crippen LogP contribution in [0.3, 0.4) is 0 Å². The Labute approximate surface area is 149 Å². The molecule has 1 unspecified atom stereocenters. The molecule has 0 aromatic heterocycles. The zero-order valence-electron chi connectivity index (χ0n) is 14.7. The molecule has 1 aromatic carbocycles. The second-order valence-electron chi connectivity index (χ2n) is 7.60. The molecule has 2 aliphatic heterocycles. The van der Waals surface area contributed by atoms with Crippen molar-refractivity contribution >= 4 is 11.9 Å². The van der Waals surface area contributed by atoms with E-state index in [1.807, 2.05) is 15.9 Å². The lowest BCUT2D eigenvalue weighted by molar-refractivity contribution is -0.133. The smallest absolute Gasteiger partial charge is 0.318 e. The van der Waals surface area contributed by atoms with Gasteiger partial charge in [0.1, 0.15) is 6.04 Å². The van der Waals surface area contributed by atoms with Gasteiger partial charge in [0.25, 0.3) is 0 Å². The number of nitrogens with zero attached hydrogens (tertiary/aromatic N) is 2. The van der Waals surface area contributed by atoms with Gasteiger partial charge in [0.15, 0.2) is 0 Å². The van der Waals surface area contributed by atoms with Crippen molar-refractivity contribution in [3.63, 3.8) is 0 Å². The Balaban J connectivity index is 1.32. The number of urea groups is 1. The van der Waals surface area contributed by atoms with Crippen molar-refractivity contribution in [1.82, 2.24) is 15.1 Å². The number of carbonyl (C=O) groups is 2. The number of piperidine rings is 1. The highest BCUT2D eigenvalue weighted by atomic mass is 16.2. The van der Waals surface area contributed by atoms with Crippen LogP contribution in [-0.2, 0) is 4.79 Å². The van der Waals surface area contributed by atoms with E-state index < -0.39 is 0 Å². The molecule has 0 bridgehead atoms. The number of carbonyl (C=O) groups excluding carboxylic acids is 2. The van der Waals surface area contributed by atoms with Crippen LogP contribution in [0.5, 0.6) is 0 Å². The van der Waals surface area contributed by atoms with Gasteiger partial charge in [0, 0.05) is 19.1 Å². The van der Waals surface area contributed by atoms with Crippen molar-refractivity contribution in [2.45, 2.75) is 56.5 Å². The summed E-state index contributed by atoms with van der Waals surface area (Å²) in [4.78, 5) is 28.9. The second-order valence-corrected chi connectivity index (χ2v) is 7.60. The molecule has 2 saturated heterocycles. The first kappa shape index (κ1) is 16.4. The van der Waals surface area contributed by atoms with Gasteiger partial charge in [-0.3, -0.25) is 4.79 Å². The van der Waals surface area contributed by atoms with Gasteiger partial charge in [0.2, 0.25) is 5.91 Å². The van der Waals surface area contributed by atoms with Crippen LogP contribution in [0.15, 0.2) is 30.3 Å². The summed E-state index contributed by atoms with van der Waals surface area (Å²) in [6, 6.07) is 10.5. The summed E-state index contributed by atoms with van der Waals surface area (Å²) in [5.41, 5.74) is 1.37. The molecule has 0 radical (unpaired) electrons. The van der Waals surface area contributed by atoms with E-state index in [0.717, 1.165) is 38.8 Å². The molecule has 1 saturated carbocycles. The van der Waals surface area contributed by atoms with Crippen LogP contribution in [0, 0.1) is 0 Å². The maximum atomic E-state index is 12.8. The average molecular weight is 341 g/mol. The van der Waals surface area contributed by atoms with Crippen LogP contribution in [0.1, 0.15) is 50.0 Å². The Bertz CT molecular complexity index is 619. The van der Waals surface area contributed by atoms with E-state index in [1.54, 1.807) is 0 Å². The van der Waals surface area contributed by atoms with Gasteiger partial charge in [-0.25, -0.2) is 4.79 Å². The minimum absolute atomic E-state index is 0.0515. The third-order valence-corrected chi connectivity index (χ3v) is 6.08. The van der Waals surface area contributed by atoms with Gasteiger partial charge >= 0.3 is 6.03 Å². The van der Waals surface area contributed by atoms with E-state index in [4.69, 9.17) is 0 Å². The maximum absolute atomic E-state index is 12.8. The van der Waals surface area contributed by atoms with Gasteiger partial charge in [0.05, 0.1) is 6.54 Å². The Morgan fingerprint density at radius 1 is 1.00 bits per heavy atom. The Morgan fingerprint density at radius 2 is 1.68 bits per heavy atom. The summed E-state index contributed by atoms with van der Waals surface area (Å²) in [5.74, 6) is 0.638. The zero-order valence-corrected chi connectivity index (χ0v) is 14.7. The highest BCUT2D eigenvalue weighted by Crippen LogP contribution is 2.29. The largest absolute Gasteiger partial charge is 0.341 e. The van der Waals surface area contributed by atoms with E-state index in [0.29, 0.717) is 18.5 Å². The number of benzene rings is 1. The molecule has 134 valence electrons. The molecular formula is C20H27N3O2. The summed E-state index contributed by atoms with van der Waals surface area (Å²) in [7, 11) is 0. The minimum atomic E-state index is -0.360. The number of rotatable bonds is 3. The van der Waals surface area contributed by atoms with E-state index in [2.05, 4.69) is 29.6 Å². The van der Waals surface area contributed by atoms with Crippen molar-refractivity contribution in [2.24, 2.45) is 0 Å². The average Bonchev–Trinajstić information content (AvgIpc) is 3.31. The molecule has 3 amide bonds. The van der Waals surface area contributed by atoms with E-state index in [1.165, 1.54) is 18.4 Å². The first-order valence-electron chi connectivity index (χ1n) is 9.63. The minimum Gasteiger partial charge on any atom is -0.341 e. The summed E-state index contributed by atoms with van der Waals surface area (Å²) < 4.78 is 0. The Kier molecular flexibility index (Phi) is 4.64. The molecule has 2 heterocycles.